The quantitative estimate of drug-likeness (QED) is 0.0817. The van der Waals surface area contributed by atoms with Crippen LogP contribution in [0.4, 0.5) is 0 Å². The van der Waals surface area contributed by atoms with Gasteiger partial charge in [-0.15, -0.1) is 0 Å². The number of aromatic nitrogens is 4. The van der Waals surface area contributed by atoms with Gasteiger partial charge in [-0.05, 0) is 0 Å². The van der Waals surface area contributed by atoms with Crippen LogP contribution in [0.2, 0.25) is 13.3 Å². The van der Waals surface area contributed by atoms with Crippen LogP contribution in [0, 0.1) is 0 Å². The maximum absolute atomic E-state index is 5.30. The van der Waals surface area contributed by atoms with Crippen LogP contribution in [-0.2, 0) is 5.54 Å². The molecule has 0 aliphatic rings. The van der Waals surface area contributed by atoms with E-state index in [1.807, 2.05) is 16.1 Å². The molecule has 2 aromatic heterocycles. The minimum atomic E-state index is -2.71. The van der Waals surface area contributed by atoms with Gasteiger partial charge < -0.3 is 0 Å². The Morgan fingerprint density at radius 2 is 1.10 bits per heavy atom. The first kappa shape index (κ1) is 30.7. The number of rotatable bonds is 15. The second kappa shape index (κ2) is 14.6. The van der Waals surface area contributed by atoms with Crippen molar-refractivity contribution < 1.29 is 0 Å². The van der Waals surface area contributed by atoms with Gasteiger partial charge in [0.25, 0.3) is 0 Å². The van der Waals surface area contributed by atoms with Crippen LogP contribution in [0.1, 0.15) is 76.0 Å². The van der Waals surface area contributed by atoms with Crippen molar-refractivity contribution in [3.63, 3.8) is 0 Å². The van der Waals surface area contributed by atoms with Crippen molar-refractivity contribution in [1.29, 1.82) is 0 Å². The molecule has 0 amide bonds. The van der Waals surface area contributed by atoms with Crippen LogP contribution >= 0.6 is 11.3 Å². The van der Waals surface area contributed by atoms with Crippen LogP contribution in [0.3, 0.4) is 0 Å². The molecule has 2 heterocycles. The topological polar surface area (TPSA) is 43.6 Å². The van der Waals surface area contributed by atoms with Gasteiger partial charge in [0.1, 0.15) is 0 Å². The van der Waals surface area contributed by atoms with Crippen molar-refractivity contribution in [2.45, 2.75) is 78.1 Å². The molecule has 218 valence electrons. The van der Waals surface area contributed by atoms with Gasteiger partial charge >= 0.3 is 261 Å². The zero-order chi connectivity index (χ0) is 29.3. The summed E-state index contributed by atoms with van der Waals surface area (Å²) in [6.07, 6.45) is 7.79. The van der Waals surface area contributed by atoms with Crippen LogP contribution in [0.15, 0.2) is 102 Å². The standard InChI is InChI=1S/C24H17N4S.3C4H9.Sn/c1-4-10-20(11-5-1)24(21-12-6-2-7-13-21,22-14-8-3-9-15-22)28-26-23(25-27-28)19-16-17-29-18-19;3*1-3-4-2;/h1-17H;3*1,3-4H2,2H3;. The van der Waals surface area contributed by atoms with E-state index in [2.05, 4.69) is 123 Å². The van der Waals surface area contributed by atoms with E-state index in [-0.39, 0.29) is 0 Å². The van der Waals surface area contributed by atoms with E-state index in [0.29, 0.717) is 0 Å². The van der Waals surface area contributed by atoms with Gasteiger partial charge in [-0.1, -0.05) is 0 Å². The van der Waals surface area contributed by atoms with E-state index in [1.54, 1.807) is 2.89 Å². The number of unbranched alkanes of at least 4 members (excludes halogenated alkanes) is 3. The number of hydrogen-bond acceptors (Lipinski definition) is 4. The predicted octanol–water partition coefficient (Wildman–Crippen LogP) is 9.30. The Bertz CT molecular complexity index is 1380. The molecule has 6 heteroatoms. The zero-order valence-electron chi connectivity index (χ0n) is 25.4. The van der Waals surface area contributed by atoms with Gasteiger partial charge in [0.2, 0.25) is 0 Å². The number of thiophene rings is 1. The van der Waals surface area contributed by atoms with Gasteiger partial charge in [0, 0.05) is 0 Å². The fraction of sp³-hybridized carbons (Fsp3) is 0.361. The van der Waals surface area contributed by atoms with Crippen LogP contribution in [-0.4, -0.2) is 38.6 Å². The summed E-state index contributed by atoms with van der Waals surface area (Å²) < 4.78 is 5.93. The molecular weight excluding hydrogens is 639 g/mol. The SMILES string of the molecule is CCC[CH2][Sn]([CH2]CCC)([CH2]CCC)[c]1sccc1-c1nnn(C(c2ccccc2)(c2ccccc2)c2ccccc2)n1. The summed E-state index contributed by atoms with van der Waals surface area (Å²) in [5.74, 6) is 0.768. The molecule has 3 aromatic carbocycles. The van der Waals surface area contributed by atoms with Crippen molar-refractivity contribution in [1.82, 2.24) is 20.2 Å². The zero-order valence-corrected chi connectivity index (χ0v) is 29.0. The number of hydrogen-bond donors (Lipinski definition) is 0. The Kier molecular flexibility index (Phi) is 10.7. The molecule has 0 atom stereocenters. The Balaban J connectivity index is 1.70. The Hall–Kier alpha value is -2.77. The molecule has 0 radical (unpaired) electrons. The Morgan fingerprint density at radius 1 is 0.643 bits per heavy atom. The predicted molar refractivity (Wildman–Crippen MR) is 180 cm³/mol. The van der Waals surface area contributed by atoms with Crippen LogP contribution in [0.25, 0.3) is 11.4 Å². The average Bonchev–Trinajstić information content (AvgIpc) is 3.74. The second-order valence-electron chi connectivity index (χ2n) is 11.5. The minimum absolute atomic E-state index is 0.752. The van der Waals surface area contributed by atoms with Gasteiger partial charge in [-0.25, -0.2) is 0 Å². The van der Waals surface area contributed by atoms with E-state index < -0.39 is 23.9 Å². The molecular formula is C36H44N4SSn. The van der Waals surface area contributed by atoms with E-state index in [9.17, 15) is 0 Å². The first-order valence-electron chi connectivity index (χ1n) is 15.7. The Labute approximate surface area is 260 Å². The van der Waals surface area contributed by atoms with Crippen LogP contribution < -0.4 is 2.89 Å². The van der Waals surface area contributed by atoms with Crippen molar-refractivity contribution >= 4 is 32.6 Å². The van der Waals surface area contributed by atoms with E-state index >= 15 is 0 Å². The summed E-state index contributed by atoms with van der Waals surface area (Å²) in [7, 11) is 0. The molecule has 0 aliphatic carbocycles. The third-order valence-corrected chi connectivity index (χ3v) is 28.1. The molecule has 0 spiro atoms. The number of benzene rings is 3. The second-order valence-corrected chi connectivity index (χ2v) is 26.4. The first-order valence-corrected chi connectivity index (χ1v) is 24.1. The summed E-state index contributed by atoms with van der Waals surface area (Å²) in [5.41, 5.74) is 3.82. The molecule has 5 rings (SSSR count). The average molecular weight is 684 g/mol. The first-order chi connectivity index (χ1) is 20.7. The third kappa shape index (κ3) is 6.14. The Morgan fingerprint density at radius 3 is 1.52 bits per heavy atom. The summed E-state index contributed by atoms with van der Waals surface area (Å²) in [4.78, 5) is 1.88. The van der Waals surface area contributed by atoms with Gasteiger partial charge in [-0.2, -0.15) is 0 Å². The summed E-state index contributed by atoms with van der Waals surface area (Å²) in [6.45, 7) is 7.03. The molecule has 0 bridgehead atoms. The van der Waals surface area contributed by atoms with Crippen LogP contribution in [0.5, 0.6) is 0 Å². The molecule has 0 unspecified atom stereocenters. The van der Waals surface area contributed by atoms with Gasteiger partial charge in [0.15, 0.2) is 0 Å². The van der Waals surface area contributed by atoms with Crippen molar-refractivity contribution in [2.75, 3.05) is 0 Å². The monoisotopic (exact) mass is 684 g/mol. The molecule has 0 saturated carbocycles. The molecule has 42 heavy (non-hydrogen) atoms. The number of nitrogens with zero attached hydrogens (tertiary/aromatic N) is 4. The molecule has 0 N–H and O–H groups in total. The normalized spacial score (nSPS) is 12.1. The fourth-order valence-electron chi connectivity index (χ4n) is 6.51. The molecule has 4 nitrogen and oxygen atoms in total. The van der Waals surface area contributed by atoms with Crippen molar-refractivity contribution in [2.24, 2.45) is 0 Å². The molecule has 5 aromatic rings. The van der Waals surface area contributed by atoms with E-state index in [4.69, 9.17) is 15.4 Å². The molecule has 0 aliphatic heterocycles. The number of tetrazole rings is 1. The maximum atomic E-state index is 5.30. The van der Waals surface area contributed by atoms with E-state index in [1.165, 1.54) is 57.4 Å². The molecule has 0 saturated heterocycles. The van der Waals surface area contributed by atoms with E-state index in [0.717, 1.165) is 22.5 Å². The van der Waals surface area contributed by atoms with Gasteiger partial charge in [0.05, 0.1) is 0 Å². The summed E-state index contributed by atoms with van der Waals surface area (Å²) in [5, 5.41) is 17.3. The van der Waals surface area contributed by atoms with Gasteiger partial charge in [-0.3, -0.25) is 0 Å². The fourth-order valence-corrected chi connectivity index (χ4v) is 27.3. The summed E-state index contributed by atoms with van der Waals surface area (Å²) in [6, 6.07) is 34.2. The van der Waals surface area contributed by atoms with Crippen molar-refractivity contribution in [3.8, 4) is 11.4 Å². The summed E-state index contributed by atoms with van der Waals surface area (Å²) >= 11 is -0.722. The molecule has 0 fully saturated rings. The third-order valence-electron chi connectivity index (χ3n) is 8.70. The van der Waals surface area contributed by atoms with Crippen molar-refractivity contribution in [3.05, 3.63) is 119 Å².